The zero-order valence-electron chi connectivity index (χ0n) is 16.3. The highest BCUT2D eigenvalue weighted by Crippen LogP contribution is 2.42. The van der Waals surface area contributed by atoms with Gasteiger partial charge in [-0.1, -0.05) is 0 Å². The van der Waals surface area contributed by atoms with Gasteiger partial charge >= 0.3 is 37.2 Å². The van der Waals surface area contributed by atoms with E-state index in [0.29, 0.717) is 12.1 Å². The largest absolute Gasteiger partial charge is 0.534 e. The van der Waals surface area contributed by atoms with Gasteiger partial charge in [0.1, 0.15) is 6.04 Å². The van der Waals surface area contributed by atoms with Gasteiger partial charge < -0.3 is 13.1 Å². The van der Waals surface area contributed by atoms with E-state index in [1.54, 1.807) is 0 Å². The topological polar surface area (TPSA) is 125 Å². The molecule has 1 heterocycles. The summed E-state index contributed by atoms with van der Waals surface area (Å²) < 4.78 is 134. The molecule has 0 spiro atoms. The number of carbonyl (C=O) groups excluding carboxylic acids is 1. The van der Waals surface area contributed by atoms with E-state index in [-0.39, 0.29) is 17.5 Å². The number of hydrogen-bond donors (Lipinski definition) is 1. The van der Waals surface area contributed by atoms with Gasteiger partial charge in [0.05, 0.1) is 7.11 Å². The minimum atomic E-state index is -6.42. The van der Waals surface area contributed by atoms with E-state index in [0.717, 1.165) is 7.11 Å². The van der Waals surface area contributed by atoms with Crippen LogP contribution < -0.4 is 13.7 Å². The molecule has 1 aromatic rings. The van der Waals surface area contributed by atoms with Crippen molar-refractivity contribution in [2.45, 2.75) is 42.9 Å². The van der Waals surface area contributed by atoms with Crippen LogP contribution in [0.25, 0.3) is 0 Å². The third kappa shape index (κ3) is 5.03. The quantitative estimate of drug-likeness (QED) is 0.272. The van der Waals surface area contributed by atoms with Gasteiger partial charge in [-0.05, 0) is 43.5 Å². The number of fused-ring (bicyclic) bond motifs is 1. The highest BCUT2D eigenvalue weighted by Gasteiger charge is 2.51. The molecule has 17 heteroatoms. The molecule has 1 aliphatic heterocycles. The molecule has 1 atom stereocenters. The maximum absolute atomic E-state index is 12.7. The van der Waals surface area contributed by atoms with E-state index >= 15 is 0 Å². The van der Waals surface area contributed by atoms with Crippen molar-refractivity contribution in [3.63, 3.8) is 0 Å². The fourth-order valence-corrected chi connectivity index (χ4v) is 3.80. The summed E-state index contributed by atoms with van der Waals surface area (Å²) in [4.78, 5) is 11.9. The molecular formula is C15H15F6NO8S2. The number of rotatable bonds is 5. The van der Waals surface area contributed by atoms with Crippen LogP contribution in [0.5, 0.6) is 11.5 Å². The molecule has 0 saturated carbocycles. The monoisotopic (exact) mass is 515 g/mol. The maximum Gasteiger partial charge on any atom is 0.534 e. The second-order valence-corrected chi connectivity index (χ2v) is 10.0. The molecule has 0 bridgehead atoms. The summed E-state index contributed by atoms with van der Waals surface area (Å²) in [7, 11) is -11.8. The Morgan fingerprint density at radius 1 is 0.969 bits per heavy atom. The van der Waals surface area contributed by atoms with Crippen molar-refractivity contribution in [2.24, 2.45) is 0 Å². The number of methoxy groups -OCH3 is 1. The third-order valence-corrected chi connectivity index (χ3v) is 6.19. The van der Waals surface area contributed by atoms with Crippen LogP contribution in [0.15, 0.2) is 12.1 Å². The molecule has 0 aliphatic carbocycles. The number of esters is 1. The number of alkyl halides is 6. The van der Waals surface area contributed by atoms with Crippen molar-refractivity contribution in [2.75, 3.05) is 7.11 Å². The van der Waals surface area contributed by atoms with Gasteiger partial charge in [0.2, 0.25) is 0 Å². The molecule has 1 N–H and O–H groups in total. The third-order valence-electron chi connectivity index (χ3n) is 4.25. The molecule has 0 saturated heterocycles. The number of nitrogens with one attached hydrogen (secondary N) is 1. The molecule has 1 aliphatic rings. The first-order valence-corrected chi connectivity index (χ1v) is 11.1. The molecule has 32 heavy (non-hydrogen) atoms. The summed E-state index contributed by atoms with van der Waals surface area (Å²) in [6.07, 6.45) is -0.305. The molecule has 9 nitrogen and oxygen atoms in total. The Balaban J connectivity index is 2.71. The first-order chi connectivity index (χ1) is 14.2. The van der Waals surface area contributed by atoms with Crippen molar-refractivity contribution in [1.82, 2.24) is 5.32 Å². The lowest BCUT2D eigenvalue weighted by Gasteiger charge is -2.38. The SMILES string of the molecule is COC(=O)[C@H]1Cc2cc(OS(=O)(=O)C(F)(F)F)c(OS(=O)(=O)C(F)(F)F)cc2C(C)(C)N1. The molecule has 0 unspecified atom stereocenters. The Bertz CT molecular complexity index is 1130. The number of halogens is 6. The Hall–Kier alpha value is -2.27. The van der Waals surface area contributed by atoms with Crippen molar-refractivity contribution < 1.29 is 61.1 Å². The highest BCUT2D eigenvalue weighted by atomic mass is 32.2. The van der Waals surface area contributed by atoms with Gasteiger partial charge in [0.15, 0.2) is 11.5 Å². The molecule has 182 valence electrons. The fraction of sp³-hybridized carbons (Fsp3) is 0.533. The lowest BCUT2D eigenvalue weighted by atomic mass is 9.82. The van der Waals surface area contributed by atoms with Crippen LogP contribution in [-0.4, -0.2) is 47.0 Å². The normalized spacial score (nSPS) is 19.1. The van der Waals surface area contributed by atoms with Gasteiger partial charge in [-0.15, -0.1) is 0 Å². The van der Waals surface area contributed by atoms with Crippen molar-refractivity contribution in [3.8, 4) is 11.5 Å². The predicted octanol–water partition coefficient (Wildman–Crippen LogP) is 2.07. The maximum atomic E-state index is 12.7. The number of ether oxygens (including phenoxy) is 1. The zero-order valence-corrected chi connectivity index (χ0v) is 17.9. The van der Waals surface area contributed by atoms with E-state index in [4.69, 9.17) is 0 Å². The Labute approximate surface area is 177 Å². The standard InChI is InChI=1S/C15H15F6NO8S2/c1-13(2)8-6-11(30-32(26,27)15(19,20)21)10(29-31(24,25)14(16,17)18)5-7(8)4-9(22-13)12(23)28-3/h5-6,9,22H,4H2,1-3H3/t9-/m1/s1. The van der Waals surface area contributed by atoms with Crippen LogP contribution in [0, 0.1) is 0 Å². The highest BCUT2D eigenvalue weighted by molar-refractivity contribution is 7.88. The van der Waals surface area contributed by atoms with Crippen molar-refractivity contribution in [3.05, 3.63) is 23.3 Å². The molecule has 1 aromatic carbocycles. The minimum Gasteiger partial charge on any atom is -0.468 e. The number of hydrogen-bond acceptors (Lipinski definition) is 9. The second-order valence-electron chi connectivity index (χ2n) is 6.97. The summed E-state index contributed by atoms with van der Waals surface area (Å²) >= 11 is 0. The molecule has 0 amide bonds. The van der Waals surface area contributed by atoms with E-state index in [2.05, 4.69) is 18.4 Å². The summed E-state index contributed by atoms with van der Waals surface area (Å²) in [6, 6.07) is 0.0684. The van der Waals surface area contributed by atoms with Crippen LogP contribution in [-0.2, 0) is 41.7 Å². The smallest absolute Gasteiger partial charge is 0.468 e. The van der Waals surface area contributed by atoms with Gasteiger partial charge in [0.25, 0.3) is 0 Å². The van der Waals surface area contributed by atoms with E-state index < -0.39 is 60.3 Å². The first kappa shape index (κ1) is 26.0. The summed E-state index contributed by atoms with van der Waals surface area (Å²) in [5.74, 6) is -3.73. The van der Waals surface area contributed by atoms with Crippen molar-refractivity contribution >= 4 is 26.2 Å². The van der Waals surface area contributed by atoms with Gasteiger partial charge in [-0.25, -0.2) is 0 Å². The Kier molecular flexibility index (Phi) is 6.45. The van der Waals surface area contributed by atoms with Crippen LogP contribution in [0.2, 0.25) is 0 Å². The molecule has 0 aromatic heterocycles. The zero-order chi connectivity index (χ0) is 24.9. The predicted molar refractivity (Wildman–Crippen MR) is 93.3 cm³/mol. The van der Waals surface area contributed by atoms with E-state index in [1.165, 1.54) is 13.8 Å². The van der Waals surface area contributed by atoms with Crippen LogP contribution >= 0.6 is 0 Å². The van der Waals surface area contributed by atoms with Gasteiger partial charge in [0, 0.05) is 5.54 Å². The number of carbonyl (C=O) groups is 1. The molecule has 0 radical (unpaired) electrons. The second kappa shape index (κ2) is 7.95. The average molecular weight is 515 g/mol. The van der Waals surface area contributed by atoms with Crippen LogP contribution in [0.3, 0.4) is 0 Å². The molecular weight excluding hydrogens is 500 g/mol. The van der Waals surface area contributed by atoms with Gasteiger partial charge in [-0.2, -0.15) is 43.2 Å². The van der Waals surface area contributed by atoms with Crippen LogP contribution in [0.1, 0.15) is 25.0 Å². The summed E-state index contributed by atoms with van der Waals surface area (Å²) in [5.41, 5.74) is -13.3. The number of benzene rings is 1. The molecule has 0 fully saturated rings. The average Bonchev–Trinajstić information content (AvgIpc) is 2.59. The Morgan fingerprint density at radius 2 is 1.41 bits per heavy atom. The lowest BCUT2D eigenvalue weighted by Crippen LogP contribution is -2.53. The lowest BCUT2D eigenvalue weighted by molar-refractivity contribution is -0.144. The molecule has 2 rings (SSSR count). The minimum absolute atomic E-state index is 0.00165. The summed E-state index contributed by atoms with van der Waals surface area (Å²) in [5, 5.41) is 2.77. The van der Waals surface area contributed by atoms with Crippen LogP contribution in [0.4, 0.5) is 26.3 Å². The van der Waals surface area contributed by atoms with E-state index in [1.807, 2.05) is 0 Å². The Morgan fingerprint density at radius 3 is 1.81 bits per heavy atom. The fourth-order valence-electron chi connectivity index (χ4n) is 2.88. The summed E-state index contributed by atoms with van der Waals surface area (Å²) in [6.45, 7) is 2.83. The first-order valence-electron chi connectivity index (χ1n) is 8.26. The van der Waals surface area contributed by atoms with E-state index in [9.17, 15) is 48.0 Å². The van der Waals surface area contributed by atoms with Crippen molar-refractivity contribution in [1.29, 1.82) is 0 Å². The van der Waals surface area contributed by atoms with Gasteiger partial charge in [-0.3, -0.25) is 10.1 Å².